The molecule has 1 aromatic carbocycles. The molecule has 1 saturated heterocycles. The molecule has 0 saturated carbocycles. The van der Waals surface area contributed by atoms with Crippen LogP contribution in [-0.2, 0) is 31.1 Å². The molecule has 2 aliphatic rings. The molecule has 32 heavy (non-hydrogen) atoms. The lowest BCUT2D eigenvalue weighted by molar-refractivity contribution is -0.137. The van der Waals surface area contributed by atoms with Crippen molar-refractivity contribution in [2.24, 2.45) is 11.8 Å². The zero-order valence-electron chi connectivity index (χ0n) is 18.3. The molecule has 3 atom stereocenters. The third-order valence-electron chi connectivity index (χ3n) is 6.65. The molecule has 2 aliphatic heterocycles. The van der Waals surface area contributed by atoms with Crippen molar-refractivity contribution in [3.8, 4) is 5.75 Å². The summed E-state index contributed by atoms with van der Waals surface area (Å²) in [4.78, 5) is 18.4. The van der Waals surface area contributed by atoms with Crippen LogP contribution in [0.5, 0.6) is 5.75 Å². The molecule has 0 bridgehead atoms. The summed E-state index contributed by atoms with van der Waals surface area (Å²) in [5.41, 5.74) is 3.23. The van der Waals surface area contributed by atoms with E-state index in [1.807, 2.05) is 6.07 Å². The van der Waals surface area contributed by atoms with Crippen molar-refractivity contribution < 1.29 is 31.4 Å². The van der Waals surface area contributed by atoms with Crippen LogP contribution in [0.3, 0.4) is 0 Å². The number of ether oxygens (including phenoxy) is 2. The van der Waals surface area contributed by atoms with Gasteiger partial charge in [-0.15, -0.1) is 0 Å². The Balaban J connectivity index is 1.77. The van der Waals surface area contributed by atoms with Crippen LogP contribution in [0.2, 0.25) is 0 Å². The van der Waals surface area contributed by atoms with Gasteiger partial charge in [-0.05, 0) is 42.4 Å². The largest absolute Gasteiger partial charge is 0.504 e. The molecule has 2 aromatic rings. The van der Waals surface area contributed by atoms with E-state index in [9.17, 15) is 17.8 Å². The number of benzene rings is 1. The van der Waals surface area contributed by atoms with E-state index in [1.54, 1.807) is 6.07 Å². The van der Waals surface area contributed by atoms with E-state index < -0.39 is 10.4 Å². The third kappa shape index (κ3) is 4.10. The Morgan fingerprint density at radius 1 is 1.34 bits per heavy atom. The second kappa shape index (κ2) is 8.76. The number of aromatic amines is 1. The van der Waals surface area contributed by atoms with Crippen LogP contribution in [0.15, 0.2) is 30.0 Å². The van der Waals surface area contributed by atoms with Gasteiger partial charge in [-0.2, -0.15) is 8.42 Å². The predicted molar refractivity (Wildman–Crippen MR) is 117 cm³/mol. The minimum absolute atomic E-state index is 0.0162. The molecule has 0 radical (unpaired) electrons. The summed E-state index contributed by atoms with van der Waals surface area (Å²) in [5, 5.41) is 0.662. The summed E-state index contributed by atoms with van der Waals surface area (Å²) < 4.78 is 47.0. The van der Waals surface area contributed by atoms with E-state index in [4.69, 9.17) is 13.7 Å². The van der Waals surface area contributed by atoms with Crippen molar-refractivity contribution in [1.82, 2.24) is 9.88 Å². The summed E-state index contributed by atoms with van der Waals surface area (Å²) in [6, 6.07) is 5.08. The second-order valence-corrected chi connectivity index (χ2v) is 9.30. The maximum absolute atomic E-state index is 12.5. The molecular formula is C22H28N2O7S. The maximum Gasteiger partial charge on any atom is 0.446 e. The molecule has 10 heteroatoms. The SMILES string of the molecule is CC[C@@H]1CN2CCc3c([nH]c4cccc(OS(=O)(=O)O)c34)[C@@H]2C[C@@H]1/C(=C\OC)C(=O)OC. The zero-order chi connectivity index (χ0) is 23.0. The van der Waals surface area contributed by atoms with Crippen molar-refractivity contribution in [2.75, 3.05) is 27.3 Å². The fraction of sp³-hybridized carbons (Fsp3) is 0.500. The number of rotatable bonds is 6. The predicted octanol–water partition coefficient (Wildman–Crippen LogP) is 3.00. The van der Waals surface area contributed by atoms with Gasteiger partial charge in [0.25, 0.3) is 0 Å². The number of methoxy groups -OCH3 is 2. The van der Waals surface area contributed by atoms with Gasteiger partial charge in [0.05, 0.1) is 32.1 Å². The number of aromatic nitrogens is 1. The number of fused-ring (bicyclic) bond motifs is 5. The highest BCUT2D eigenvalue weighted by atomic mass is 32.3. The highest BCUT2D eigenvalue weighted by Gasteiger charge is 2.42. The van der Waals surface area contributed by atoms with E-state index in [0.29, 0.717) is 17.4 Å². The normalized spacial score (nSPS) is 24.0. The van der Waals surface area contributed by atoms with Crippen LogP contribution in [-0.4, -0.2) is 56.1 Å². The number of piperidine rings is 1. The lowest BCUT2D eigenvalue weighted by Crippen LogP contribution is -2.47. The summed E-state index contributed by atoms with van der Waals surface area (Å²) >= 11 is 0. The van der Waals surface area contributed by atoms with Crippen LogP contribution in [0.1, 0.15) is 37.1 Å². The number of carbonyl (C=O) groups excluding carboxylic acids is 1. The van der Waals surface area contributed by atoms with E-state index in [1.165, 1.54) is 26.5 Å². The Morgan fingerprint density at radius 3 is 2.78 bits per heavy atom. The molecule has 3 heterocycles. The van der Waals surface area contributed by atoms with Crippen LogP contribution < -0.4 is 4.18 Å². The summed E-state index contributed by atoms with van der Waals surface area (Å²) in [5.74, 6) is -0.0554. The lowest BCUT2D eigenvalue weighted by Gasteiger charge is -2.46. The van der Waals surface area contributed by atoms with Crippen LogP contribution in [0.4, 0.5) is 0 Å². The average molecular weight is 465 g/mol. The van der Waals surface area contributed by atoms with Crippen molar-refractivity contribution in [3.63, 3.8) is 0 Å². The fourth-order valence-corrected chi connectivity index (χ4v) is 5.66. The summed E-state index contributed by atoms with van der Waals surface area (Å²) in [6.45, 7) is 3.75. The number of nitrogens with zero attached hydrogens (tertiary/aromatic N) is 1. The minimum Gasteiger partial charge on any atom is -0.504 e. The van der Waals surface area contributed by atoms with Crippen molar-refractivity contribution in [1.29, 1.82) is 0 Å². The van der Waals surface area contributed by atoms with Gasteiger partial charge in [0.1, 0.15) is 0 Å². The number of hydrogen-bond acceptors (Lipinski definition) is 7. The smallest absolute Gasteiger partial charge is 0.446 e. The number of H-pyrrole nitrogens is 1. The van der Waals surface area contributed by atoms with Gasteiger partial charge in [0.2, 0.25) is 0 Å². The molecule has 0 amide bonds. The molecule has 0 unspecified atom stereocenters. The first-order chi connectivity index (χ1) is 15.3. The van der Waals surface area contributed by atoms with Crippen molar-refractivity contribution in [2.45, 2.75) is 32.2 Å². The number of hydrogen-bond donors (Lipinski definition) is 2. The molecule has 2 N–H and O–H groups in total. The second-order valence-electron chi connectivity index (χ2n) is 8.28. The van der Waals surface area contributed by atoms with Gasteiger partial charge in [-0.1, -0.05) is 19.4 Å². The quantitative estimate of drug-likeness (QED) is 0.290. The first kappa shape index (κ1) is 22.6. The molecule has 1 fully saturated rings. The van der Waals surface area contributed by atoms with Gasteiger partial charge in [0.15, 0.2) is 5.75 Å². The summed E-state index contributed by atoms with van der Waals surface area (Å²) in [7, 11) is -1.75. The molecule has 9 nitrogen and oxygen atoms in total. The van der Waals surface area contributed by atoms with E-state index in [2.05, 4.69) is 16.8 Å². The topological polar surface area (TPSA) is 118 Å². The number of nitrogens with one attached hydrogen (secondary N) is 1. The van der Waals surface area contributed by atoms with Gasteiger partial charge in [0, 0.05) is 29.7 Å². The Kier molecular flexibility index (Phi) is 6.19. The zero-order valence-corrected chi connectivity index (χ0v) is 19.1. The number of carbonyl (C=O) groups is 1. The minimum atomic E-state index is -4.64. The van der Waals surface area contributed by atoms with E-state index in [-0.39, 0.29) is 29.6 Å². The fourth-order valence-electron chi connectivity index (χ4n) is 5.30. The first-order valence-electron chi connectivity index (χ1n) is 10.6. The standard InChI is InChI=1S/C22H28N2O7S/c1-4-13-11-24-9-8-14-20-17(6-5-7-19(20)31-32(26,27)28)23-21(14)18(24)10-15(13)16(12-29-2)22(25)30-3/h5-7,12-13,15,18,23H,4,8-11H2,1-3H3,(H,26,27,28)/b16-12+/t13-,15+,18+/m1/s1. The Bertz CT molecular complexity index is 1150. The van der Waals surface area contributed by atoms with Crippen molar-refractivity contribution in [3.05, 3.63) is 41.3 Å². The maximum atomic E-state index is 12.5. The molecule has 0 spiro atoms. The monoisotopic (exact) mass is 464 g/mol. The van der Waals surface area contributed by atoms with E-state index >= 15 is 0 Å². The molecule has 1 aromatic heterocycles. The number of esters is 1. The Labute approximate surface area is 187 Å². The van der Waals surface area contributed by atoms with Crippen molar-refractivity contribution >= 4 is 27.3 Å². The van der Waals surface area contributed by atoms with Gasteiger partial charge < -0.3 is 18.6 Å². The molecule has 174 valence electrons. The van der Waals surface area contributed by atoms with Crippen LogP contribution in [0.25, 0.3) is 10.9 Å². The van der Waals surface area contributed by atoms with Gasteiger partial charge in [-0.25, -0.2) is 4.79 Å². The highest BCUT2D eigenvalue weighted by molar-refractivity contribution is 7.81. The summed E-state index contributed by atoms with van der Waals surface area (Å²) in [6.07, 6.45) is 3.81. The molecular weight excluding hydrogens is 436 g/mol. The first-order valence-corrected chi connectivity index (χ1v) is 12.0. The van der Waals surface area contributed by atoms with Gasteiger partial charge in [-0.3, -0.25) is 9.45 Å². The molecule has 0 aliphatic carbocycles. The third-order valence-corrected chi connectivity index (χ3v) is 7.04. The average Bonchev–Trinajstić information content (AvgIpc) is 3.15. The molecule has 4 rings (SSSR count). The lowest BCUT2D eigenvalue weighted by atomic mass is 9.74. The highest BCUT2D eigenvalue weighted by Crippen LogP contribution is 2.47. The Hall–Kier alpha value is -2.56. The van der Waals surface area contributed by atoms with Crippen LogP contribution in [0, 0.1) is 11.8 Å². The Morgan fingerprint density at radius 2 is 2.12 bits per heavy atom. The van der Waals surface area contributed by atoms with Crippen LogP contribution >= 0.6 is 0 Å². The van der Waals surface area contributed by atoms with Gasteiger partial charge >= 0.3 is 16.4 Å². The van der Waals surface area contributed by atoms with E-state index in [0.717, 1.165) is 42.7 Å².